The van der Waals surface area contributed by atoms with Crippen molar-refractivity contribution in [3.05, 3.63) is 20.8 Å². The third-order valence-corrected chi connectivity index (χ3v) is 6.89. The molecule has 0 saturated heterocycles. The number of hydrogen-bond donors (Lipinski definition) is 1. The van der Waals surface area contributed by atoms with Gasteiger partial charge in [0.15, 0.2) is 0 Å². The van der Waals surface area contributed by atoms with Crippen LogP contribution in [0.5, 0.6) is 0 Å². The number of sulfone groups is 1. The number of hydrogen-bond acceptors (Lipinski definition) is 4. The molecule has 1 unspecified atom stereocenters. The Morgan fingerprint density at radius 2 is 2.10 bits per heavy atom. The molecule has 0 aliphatic carbocycles. The molecule has 1 atom stereocenters. The van der Waals surface area contributed by atoms with Gasteiger partial charge < -0.3 is 5.32 Å². The van der Waals surface area contributed by atoms with Crippen molar-refractivity contribution in [1.29, 1.82) is 0 Å². The summed E-state index contributed by atoms with van der Waals surface area (Å²) in [7, 11) is -2.88. The summed E-state index contributed by atoms with van der Waals surface area (Å²) in [6.07, 6.45) is 2.52. The summed E-state index contributed by atoms with van der Waals surface area (Å²) in [6, 6.07) is 0.160. The Bertz CT molecular complexity index is 511. The molecule has 0 amide bonds. The van der Waals surface area contributed by atoms with Gasteiger partial charge in [0, 0.05) is 16.7 Å². The molecule has 1 aromatic heterocycles. The van der Waals surface area contributed by atoms with Crippen molar-refractivity contribution in [2.24, 2.45) is 0 Å². The van der Waals surface area contributed by atoms with Gasteiger partial charge in [-0.25, -0.2) is 8.42 Å². The highest BCUT2D eigenvalue weighted by Crippen LogP contribution is 2.34. The number of halogens is 1. The zero-order chi connectivity index (χ0) is 15.2. The Kier molecular flexibility index (Phi) is 7.51. The average molecular weight is 338 g/mol. The highest BCUT2D eigenvalue weighted by Gasteiger charge is 2.18. The van der Waals surface area contributed by atoms with Crippen molar-refractivity contribution < 1.29 is 8.42 Å². The Morgan fingerprint density at radius 3 is 2.60 bits per heavy atom. The lowest BCUT2D eigenvalue weighted by molar-refractivity contribution is 0.498. The minimum absolute atomic E-state index is 0.160. The summed E-state index contributed by atoms with van der Waals surface area (Å²) < 4.78 is 23.1. The first-order valence-corrected chi connectivity index (χ1v) is 10.2. The molecular formula is C14H24ClNO2S2. The van der Waals surface area contributed by atoms with Crippen molar-refractivity contribution in [1.82, 2.24) is 5.32 Å². The maximum absolute atomic E-state index is 11.6. The van der Waals surface area contributed by atoms with Crippen molar-refractivity contribution in [3.8, 4) is 0 Å². The molecular weight excluding hydrogens is 314 g/mol. The molecule has 0 fully saturated rings. The molecule has 0 aliphatic heterocycles. The van der Waals surface area contributed by atoms with E-state index in [-0.39, 0.29) is 17.5 Å². The van der Waals surface area contributed by atoms with Gasteiger partial charge in [-0.2, -0.15) is 0 Å². The normalized spacial score (nSPS) is 13.6. The van der Waals surface area contributed by atoms with Crippen LogP contribution in [0, 0.1) is 6.92 Å². The van der Waals surface area contributed by atoms with E-state index in [1.165, 1.54) is 0 Å². The summed E-state index contributed by atoms with van der Waals surface area (Å²) in [5.41, 5.74) is 1.09. The molecule has 3 nitrogen and oxygen atoms in total. The van der Waals surface area contributed by atoms with E-state index in [4.69, 9.17) is 11.6 Å². The fraction of sp³-hybridized carbons (Fsp3) is 0.714. The van der Waals surface area contributed by atoms with E-state index in [1.807, 2.05) is 6.92 Å². The van der Waals surface area contributed by atoms with E-state index >= 15 is 0 Å². The molecule has 116 valence electrons. The van der Waals surface area contributed by atoms with Crippen LogP contribution in [0.3, 0.4) is 0 Å². The molecule has 1 N–H and O–H groups in total. The fourth-order valence-corrected chi connectivity index (χ4v) is 4.31. The van der Waals surface area contributed by atoms with Crippen LogP contribution in [0.15, 0.2) is 5.38 Å². The predicted octanol–water partition coefficient (Wildman–Crippen LogP) is 3.97. The van der Waals surface area contributed by atoms with Crippen LogP contribution >= 0.6 is 22.9 Å². The summed E-state index contributed by atoms with van der Waals surface area (Å²) in [4.78, 5) is 1.13. The molecule has 20 heavy (non-hydrogen) atoms. The van der Waals surface area contributed by atoms with Crippen LogP contribution in [0.1, 0.15) is 49.6 Å². The first-order chi connectivity index (χ1) is 9.41. The Balaban J connectivity index is 2.68. The van der Waals surface area contributed by atoms with E-state index in [1.54, 1.807) is 18.3 Å². The summed E-state index contributed by atoms with van der Waals surface area (Å²) >= 11 is 7.99. The van der Waals surface area contributed by atoms with E-state index in [2.05, 4.69) is 17.6 Å². The van der Waals surface area contributed by atoms with Gasteiger partial charge in [0.25, 0.3) is 0 Å². The smallest absolute Gasteiger partial charge is 0.150 e. The van der Waals surface area contributed by atoms with Gasteiger partial charge in [0.2, 0.25) is 0 Å². The van der Waals surface area contributed by atoms with Crippen LogP contribution in [0.2, 0.25) is 5.02 Å². The first kappa shape index (κ1) is 18.0. The molecule has 0 bridgehead atoms. The van der Waals surface area contributed by atoms with Crippen molar-refractivity contribution in [2.75, 3.05) is 18.1 Å². The zero-order valence-electron chi connectivity index (χ0n) is 12.4. The zero-order valence-corrected chi connectivity index (χ0v) is 14.8. The van der Waals surface area contributed by atoms with Gasteiger partial charge in [0.1, 0.15) is 9.84 Å². The first-order valence-electron chi connectivity index (χ1n) is 7.08. The molecule has 1 rings (SSSR count). The number of thiophene rings is 1. The van der Waals surface area contributed by atoms with E-state index in [0.29, 0.717) is 6.42 Å². The fourth-order valence-electron chi connectivity index (χ4n) is 1.98. The van der Waals surface area contributed by atoms with Gasteiger partial charge in [-0.3, -0.25) is 0 Å². The Hall–Kier alpha value is -0.100. The summed E-state index contributed by atoms with van der Waals surface area (Å²) in [6.45, 7) is 6.73. The number of rotatable bonds is 9. The summed E-state index contributed by atoms with van der Waals surface area (Å²) in [5, 5.41) is 6.35. The van der Waals surface area contributed by atoms with E-state index in [0.717, 1.165) is 34.8 Å². The van der Waals surface area contributed by atoms with Crippen molar-refractivity contribution in [3.63, 3.8) is 0 Å². The second kappa shape index (κ2) is 8.37. The molecule has 1 heterocycles. The van der Waals surface area contributed by atoms with Crippen LogP contribution in [-0.2, 0) is 9.84 Å². The molecule has 6 heteroatoms. The average Bonchev–Trinajstić information content (AvgIpc) is 2.74. The molecule has 0 radical (unpaired) electrons. The highest BCUT2D eigenvalue weighted by atomic mass is 35.5. The van der Waals surface area contributed by atoms with Crippen LogP contribution in [0.25, 0.3) is 0 Å². The van der Waals surface area contributed by atoms with Crippen molar-refractivity contribution in [2.45, 2.75) is 46.1 Å². The lowest BCUT2D eigenvalue weighted by Gasteiger charge is -2.18. The van der Waals surface area contributed by atoms with Crippen LogP contribution in [0.4, 0.5) is 0 Å². The quantitative estimate of drug-likeness (QED) is 0.741. The third-order valence-electron chi connectivity index (χ3n) is 3.27. The number of nitrogens with one attached hydrogen (secondary N) is 1. The molecule has 0 spiro atoms. The topological polar surface area (TPSA) is 46.2 Å². The SMILES string of the molecule is CCCNC(CCCS(=O)(=O)CC)c1scc(C)c1Cl. The predicted molar refractivity (Wildman–Crippen MR) is 88.7 cm³/mol. The maximum atomic E-state index is 11.6. The van der Waals surface area contributed by atoms with Crippen molar-refractivity contribution >= 4 is 32.8 Å². The molecule has 0 saturated carbocycles. The minimum Gasteiger partial charge on any atom is -0.309 e. The second-order valence-corrected chi connectivity index (χ2v) is 8.74. The monoisotopic (exact) mass is 337 g/mol. The minimum atomic E-state index is -2.88. The second-order valence-electron chi connectivity index (χ2n) is 4.98. The molecule has 1 aromatic rings. The number of aryl methyl sites for hydroxylation is 1. The van der Waals surface area contributed by atoms with Gasteiger partial charge in [-0.1, -0.05) is 25.4 Å². The van der Waals surface area contributed by atoms with E-state index in [9.17, 15) is 8.42 Å². The van der Waals surface area contributed by atoms with Gasteiger partial charge in [-0.05, 0) is 43.7 Å². The van der Waals surface area contributed by atoms with Gasteiger partial charge >= 0.3 is 0 Å². The van der Waals surface area contributed by atoms with Gasteiger partial charge in [0.05, 0.1) is 10.8 Å². The van der Waals surface area contributed by atoms with Crippen LogP contribution in [-0.4, -0.2) is 26.5 Å². The lowest BCUT2D eigenvalue weighted by Crippen LogP contribution is -2.22. The largest absolute Gasteiger partial charge is 0.309 e. The Labute approximate surface area is 131 Å². The van der Waals surface area contributed by atoms with Gasteiger partial charge in [-0.15, -0.1) is 11.3 Å². The van der Waals surface area contributed by atoms with E-state index < -0.39 is 9.84 Å². The maximum Gasteiger partial charge on any atom is 0.150 e. The standard InChI is InChI=1S/C14H24ClNO2S2/c1-4-8-16-12(7-6-9-20(17,18)5-2)14-13(15)11(3)10-19-14/h10,12,16H,4-9H2,1-3H3. The van der Waals surface area contributed by atoms with Crippen LogP contribution < -0.4 is 5.32 Å². The molecule has 0 aromatic carbocycles. The highest BCUT2D eigenvalue weighted by molar-refractivity contribution is 7.91. The molecule has 0 aliphatic rings. The summed E-state index contributed by atoms with van der Waals surface area (Å²) in [5.74, 6) is 0.481. The third kappa shape index (κ3) is 5.35. The Morgan fingerprint density at radius 1 is 1.40 bits per heavy atom. The lowest BCUT2D eigenvalue weighted by atomic mass is 10.1.